The first kappa shape index (κ1) is 64.2. The quantitative estimate of drug-likeness (QED) is 0.0169. The van der Waals surface area contributed by atoms with Gasteiger partial charge in [-0.3, -0.25) is 0 Å². The molecule has 0 atom stereocenters. The predicted molar refractivity (Wildman–Crippen MR) is 349 cm³/mol. The lowest BCUT2D eigenvalue weighted by atomic mass is 9.97. The zero-order valence-electron chi connectivity index (χ0n) is 50.2. The molecule has 0 saturated heterocycles. The van der Waals surface area contributed by atoms with E-state index < -0.39 is 0 Å². The predicted octanol–water partition coefficient (Wildman–Crippen LogP) is 20.6. The maximum absolute atomic E-state index is 6.74. The highest BCUT2D eigenvalue weighted by Crippen LogP contribution is 2.35. The standard InChI is InChI=1S/C74H93IO6/c1-7-13-19-29-45-76-69-53-61(70(77-46-30-20-14-8-2)52-60(69)40-39-59-51-58-35-25-26-36-65(58)67-38-28-27-37-66(59)67)41-42-62-54-72(79-48-32-22-16-10-4)63(55-71(62)78-47-31-21-15-9-3)43-44-64-56-74(81-50-34-24-18-12-6)68(75)57-73(64)80-49-33-23-17-11-5/h25-28,35-38,51-57H,7-24,29-34,45-50H2,1-6H3. The van der Waals surface area contributed by atoms with Crippen LogP contribution < -0.4 is 28.4 Å². The van der Waals surface area contributed by atoms with Gasteiger partial charge in [0, 0.05) is 35.9 Å². The van der Waals surface area contributed by atoms with Gasteiger partial charge in [-0.25, -0.2) is 0 Å². The largest absolute Gasteiger partial charge is 0.492 e. The molecule has 0 unspecified atom stereocenters. The Balaban J connectivity index is 1.48. The summed E-state index contributed by atoms with van der Waals surface area (Å²) < 4.78 is 40.8. The van der Waals surface area contributed by atoms with E-state index in [1.54, 1.807) is 0 Å². The SMILES string of the molecule is CCCCCCOc1cc(C#Cc2cc(OCCCCCC)c(C#Cc3cc(OCCCCCC)c(C#Cc4cc5ccccc5c5ccccc45)cc3OCCCCCC)cc2OCCCCCC)c(OCCCCCC)cc1I. The van der Waals surface area contributed by atoms with Crippen LogP contribution in [-0.2, 0) is 0 Å². The fourth-order valence-electron chi connectivity index (χ4n) is 9.68. The van der Waals surface area contributed by atoms with Gasteiger partial charge in [-0.05, 0) is 94.8 Å². The van der Waals surface area contributed by atoms with E-state index in [9.17, 15) is 0 Å². The maximum atomic E-state index is 6.74. The summed E-state index contributed by atoms with van der Waals surface area (Å²) in [6.45, 7) is 17.0. The van der Waals surface area contributed by atoms with Crippen LogP contribution in [0.3, 0.4) is 0 Å². The van der Waals surface area contributed by atoms with Crippen molar-refractivity contribution in [1.82, 2.24) is 0 Å². The minimum atomic E-state index is 0.562. The Bertz CT molecular complexity index is 3030. The molecule has 0 heterocycles. The summed E-state index contributed by atoms with van der Waals surface area (Å²) in [6.07, 6.45) is 26.5. The molecule has 0 bridgehead atoms. The monoisotopic (exact) mass is 1200 g/mol. The second kappa shape index (κ2) is 37.9. The van der Waals surface area contributed by atoms with Crippen molar-refractivity contribution in [3.8, 4) is 70.0 Å². The van der Waals surface area contributed by atoms with Gasteiger partial charge in [-0.2, -0.15) is 0 Å². The number of ether oxygens (including phenoxy) is 6. The van der Waals surface area contributed by atoms with Crippen molar-refractivity contribution >= 4 is 44.1 Å². The minimum Gasteiger partial charge on any atom is -0.492 e. The zero-order chi connectivity index (χ0) is 57.1. The van der Waals surface area contributed by atoms with E-state index in [0.717, 1.165) is 181 Å². The van der Waals surface area contributed by atoms with Crippen molar-refractivity contribution in [1.29, 1.82) is 0 Å². The normalized spacial score (nSPS) is 10.9. The van der Waals surface area contributed by atoms with Gasteiger partial charge in [0.2, 0.25) is 0 Å². The van der Waals surface area contributed by atoms with Gasteiger partial charge in [0.1, 0.15) is 34.5 Å². The molecule has 0 fully saturated rings. The van der Waals surface area contributed by atoms with Crippen molar-refractivity contribution in [3.05, 3.63) is 128 Å². The van der Waals surface area contributed by atoms with Crippen LogP contribution in [0.25, 0.3) is 21.5 Å². The van der Waals surface area contributed by atoms with Crippen molar-refractivity contribution in [2.75, 3.05) is 39.6 Å². The molecule has 0 saturated carbocycles. The van der Waals surface area contributed by atoms with Gasteiger partial charge in [0.05, 0.1) is 71.0 Å². The van der Waals surface area contributed by atoms with Crippen LogP contribution in [0, 0.1) is 39.1 Å². The lowest BCUT2D eigenvalue weighted by Gasteiger charge is -2.15. The molecule has 6 rings (SSSR count). The van der Waals surface area contributed by atoms with Crippen LogP contribution in [-0.4, -0.2) is 39.6 Å². The third-order valence-electron chi connectivity index (χ3n) is 14.5. The first-order chi connectivity index (χ1) is 39.9. The molecular formula is C74H93IO6. The number of hydrogen-bond acceptors (Lipinski definition) is 6. The molecule has 0 aliphatic carbocycles. The molecule has 6 aromatic rings. The average molecular weight is 1210 g/mol. The molecule has 6 nitrogen and oxygen atoms in total. The van der Waals surface area contributed by atoms with Crippen LogP contribution in [0.4, 0.5) is 0 Å². The molecule has 0 N–H and O–H groups in total. The highest BCUT2D eigenvalue weighted by atomic mass is 127. The van der Waals surface area contributed by atoms with Crippen molar-refractivity contribution in [2.45, 2.75) is 196 Å². The van der Waals surface area contributed by atoms with Crippen molar-refractivity contribution in [3.63, 3.8) is 0 Å². The fourth-order valence-corrected chi connectivity index (χ4v) is 10.3. The molecule has 0 radical (unpaired) electrons. The van der Waals surface area contributed by atoms with Gasteiger partial charge < -0.3 is 28.4 Å². The van der Waals surface area contributed by atoms with Crippen LogP contribution in [0.1, 0.15) is 229 Å². The van der Waals surface area contributed by atoms with Gasteiger partial charge in [0.15, 0.2) is 0 Å². The molecule has 432 valence electrons. The summed E-state index contributed by atoms with van der Waals surface area (Å²) in [4.78, 5) is 0. The highest BCUT2D eigenvalue weighted by Gasteiger charge is 2.16. The van der Waals surface area contributed by atoms with Crippen LogP contribution in [0.2, 0.25) is 0 Å². The average Bonchev–Trinajstić information content (AvgIpc) is 3.49. The first-order valence-corrected chi connectivity index (χ1v) is 32.4. The van der Waals surface area contributed by atoms with Gasteiger partial charge >= 0.3 is 0 Å². The van der Waals surface area contributed by atoms with E-state index in [1.807, 2.05) is 24.3 Å². The summed E-state index contributed by atoms with van der Waals surface area (Å²) in [7, 11) is 0. The molecule has 0 aromatic heterocycles. The smallest absolute Gasteiger partial charge is 0.136 e. The second-order valence-electron chi connectivity index (χ2n) is 21.4. The van der Waals surface area contributed by atoms with E-state index in [-0.39, 0.29) is 0 Å². The molecule has 0 spiro atoms. The Morgan fingerprint density at radius 3 is 0.889 bits per heavy atom. The molecular weight excluding hydrogens is 1110 g/mol. The molecule has 0 aliphatic heterocycles. The number of benzene rings is 6. The summed E-state index contributed by atoms with van der Waals surface area (Å²) >= 11 is 2.37. The number of halogens is 1. The number of hydrogen-bond donors (Lipinski definition) is 0. The second-order valence-corrected chi connectivity index (χ2v) is 22.5. The Morgan fingerprint density at radius 1 is 0.272 bits per heavy atom. The molecule has 6 aromatic carbocycles. The van der Waals surface area contributed by atoms with Crippen molar-refractivity contribution in [2.24, 2.45) is 0 Å². The first-order valence-electron chi connectivity index (χ1n) is 31.3. The summed E-state index contributed by atoms with van der Waals surface area (Å²) in [5.74, 6) is 25.8. The van der Waals surface area contributed by atoms with Gasteiger partial charge in [-0.15, -0.1) is 0 Å². The maximum Gasteiger partial charge on any atom is 0.136 e. The number of fused-ring (bicyclic) bond motifs is 3. The number of unbranched alkanes of at least 4 members (excludes halogenated alkanes) is 18. The van der Waals surface area contributed by atoms with Crippen LogP contribution in [0.5, 0.6) is 34.5 Å². The van der Waals surface area contributed by atoms with Gasteiger partial charge in [-0.1, -0.05) is 241 Å². The highest BCUT2D eigenvalue weighted by molar-refractivity contribution is 14.1. The van der Waals surface area contributed by atoms with E-state index in [0.29, 0.717) is 62.6 Å². The summed E-state index contributed by atoms with van der Waals surface area (Å²) in [6, 6.07) is 31.6. The van der Waals surface area contributed by atoms with Crippen molar-refractivity contribution < 1.29 is 28.4 Å². The molecule has 0 amide bonds. The zero-order valence-corrected chi connectivity index (χ0v) is 52.4. The van der Waals surface area contributed by atoms with E-state index >= 15 is 0 Å². The Kier molecular flexibility index (Phi) is 30.1. The van der Waals surface area contributed by atoms with Crippen LogP contribution in [0.15, 0.2) is 91.0 Å². The lowest BCUT2D eigenvalue weighted by molar-refractivity contribution is 0.294. The third-order valence-corrected chi connectivity index (χ3v) is 15.3. The Labute approximate surface area is 502 Å². The lowest BCUT2D eigenvalue weighted by Crippen LogP contribution is -2.04. The summed E-state index contributed by atoms with van der Waals surface area (Å²) in [5, 5.41) is 4.69. The Morgan fingerprint density at radius 2 is 0.543 bits per heavy atom. The van der Waals surface area contributed by atoms with Gasteiger partial charge in [0.25, 0.3) is 0 Å². The minimum absolute atomic E-state index is 0.562. The van der Waals surface area contributed by atoms with E-state index in [1.165, 1.54) is 42.9 Å². The fraction of sp³-hybridized carbons (Fsp3) is 0.486. The van der Waals surface area contributed by atoms with E-state index in [2.05, 4.69) is 166 Å². The molecule has 81 heavy (non-hydrogen) atoms. The molecule has 7 heteroatoms. The van der Waals surface area contributed by atoms with Crippen LogP contribution >= 0.6 is 22.6 Å². The Hall–Kier alpha value is -5.95. The topological polar surface area (TPSA) is 55.4 Å². The molecule has 0 aliphatic rings. The number of rotatable bonds is 36. The third kappa shape index (κ3) is 21.7. The summed E-state index contributed by atoms with van der Waals surface area (Å²) in [5.41, 5.74) is 4.75. The van der Waals surface area contributed by atoms with E-state index in [4.69, 9.17) is 28.4 Å².